The van der Waals surface area contributed by atoms with Crippen LogP contribution in [-0.2, 0) is 18.8 Å². The summed E-state index contributed by atoms with van der Waals surface area (Å²) in [6.45, 7) is 8.09. The number of hydrogen-bond acceptors (Lipinski definition) is 5. The predicted molar refractivity (Wildman–Crippen MR) is 145 cm³/mol. The number of halogens is 1. The van der Waals surface area contributed by atoms with Crippen LogP contribution in [-0.4, -0.2) is 40.7 Å². The highest BCUT2D eigenvalue weighted by Gasteiger charge is 2.25. The standard InChI is InChI=1S/C30H34ClN3O2/c1-30(2,35)22-9-12-29-27(17-22)25(26-5-3-14-32-28(26)20-36-29)6-4-15-34-16-13-24(19-34)33-18-21-7-10-23(31)11-8-21/h3,5-12,14,17,24,33,35H,4,13,15-16,18-20H2,1-2H3/b25-6+/t24-/m1/s1. The van der Waals surface area contributed by atoms with Gasteiger partial charge in [-0.1, -0.05) is 41.9 Å². The molecule has 188 valence electrons. The molecule has 2 N–H and O–H groups in total. The fraction of sp³-hybridized carbons (Fsp3) is 0.367. The summed E-state index contributed by atoms with van der Waals surface area (Å²) in [5, 5.41) is 15.1. The van der Waals surface area contributed by atoms with Gasteiger partial charge < -0.3 is 20.1 Å². The molecular formula is C30H34ClN3O2. The Morgan fingerprint density at radius 3 is 2.81 bits per heavy atom. The molecule has 1 fully saturated rings. The van der Waals surface area contributed by atoms with Gasteiger partial charge in [0.15, 0.2) is 0 Å². The average Bonchev–Trinajstić information content (AvgIpc) is 3.26. The van der Waals surface area contributed by atoms with Crippen molar-refractivity contribution in [1.29, 1.82) is 0 Å². The molecule has 0 unspecified atom stereocenters. The fourth-order valence-electron chi connectivity index (χ4n) is 5.01. The molecule has 0 spiro atoms. The number of nitrogens with one attached hydrogen (secondary N) is 1. The number of pyridine rings is 1. The van der Waals surface area contributed by atoms with Crippen molar-refractivity contribution in [3.05, 3.63) is 99.8 Å². The van der Waals surface area contributed by atoms with Crippen LogP contribution in [0.4, 0.5) is 0 Å². The molecular weight excluding hydrogens is 470 g/mol. The molecule has 3 heterocycles. The number of aromatic nitrogens is 1. The molecule has 6 heteroatoms. The van der Waals surface area contributed by atoms with Crippen LogP contribution < -0.4 is 10.1 Å². The van der Waals surface area contributed by atoms with E-state index >= 15 is 0 Å². The van der Waals surface area contributed by atoms with E-state index in [-0.39, 0.29) is 0 Å². The molecule has 0 radical (unpaired) electrons. The molecule has 0 aliphatic carbocycles. The van der Waals surface area contributed by atoms with E-state index in [0.29, 0.717) is 12.6 Å². The number of nitrogens with zero attached hydrogens (tertiary/aromatic N) is 2. The molecule has 1 atom stereocenters. The minimum absolute atomic E-state index is 0.440. The highest BCUT2D eigenvalue weighted by molar-refractivity contribution is 6.30. The summed E-state index contributed by atoms with van der Waals surface area (Å²) in [5.74, 6) is 0.833. The summed E-state index contributed by atoms with van der Waals surface area (Å²) in [4.78, 5) is 7.12. The highest BCUT2D eigenvalue weighted by Crippen LogP contribution is 2.38. The van der Waals surface area contributed by atoms with Gasteiger partial charge in [-0.05, 0) is 80.3 Å². The van der Waals surface area contributed by atoms with Gasteiger partial charge in [0.1, 0.15) is 12.4 Å². The first-order valence-electron chi connectivity index (χ1n) is 12.7. The van der Waals surface area contributed by atoms with Gasteiger partial charge in [0, 0.05) is 48.0 Å². The van der Waals surface area contributed by atoms with Crippen LogP contribution in [0.25, 0.3) is 5.57 Å². The summed E-state index contributed by atoms with van der Waals surface area (Å²) < 4.78 is 6.13. The van der Waals surface area contributed by atoms with E-state index in [4.69, 9.17) is 16.3 Å². The Hall–Kier alpha value is -2.70. The minimum atomic E-state index is -0.923. The first-order chi connectivity index (χ1) is 17.4. The van der Waals surface area contributed by atoms with Crippen molar-refractivity contribution in [3.8, 4) is 5.75 Å². The largest absolute Gasteiger partial charge is 0.487 e. The van der Waals surface area contributed by atoms with E-state index in [2.05, 4.69) is 45.5 Å². The van der Waals surface area contributed by atoms with E-state index in [0.717, 1.165) is 77.8 Å². The van der Waals surface area contributed by atoms with Crippen LogP contribution >= 0.6 is 11.6 Å². The van der Waals surface area contributed by atoms with Gasteiger partial charge in [-0.15, -0.1) is 0 Å². The highest BCUT2D eigenvalue weighted by atomic mass is 35.5. The van der Waals surface area contributed by atoms with Crippen LogP contribution in [0.3, 0.4) is 0 Å². The summed E-state index contributed by atoms with van der Waals surface area (Å²) in [6.07, 6.45) is 6.22. The van der Waals surface area contributed by atoms with Crippen molar-refractivity contribution in [2.75, 3.05) is 19.6 Å². The SMILES string of the molecule is CC(C)(O)c1ccc2c(c1)/C(=C/CCN1CC[C@@H](NCc3ccc(Cl)cc3)C1)c1cccnc1CO2. The lowest BCUT2D eigenvalue weighted by Crippen LogP contribution is -2.32. The molecule has 36 heavy (non-hydrogen) atoms. The Balaban J connectivity index is 1.28. The molecule has 0 bridgehead atoms. The minimum Gasteiger partial charge on any atom is -0.487 e. The smallest absolute Gasteiger partial charge is 0.131 e. The van der Waals surface area contributed by atoms with Gasteiger partial charge in [-0.3, -0.25) is 4.98 Å². The maximum absolute atomic E-state index is 10.6. The van der Waals surface area contributed by atoms with Crippen LogP contribution in [0.5, 0.6) is 5.75 Å². The Kier molecular flexibility index (Phi) is 7.44. The fourth-order valence-corrected chi connectivity index (χ4v) is 5.14. The van der Waals surface area contributed by atoms with Crippen molar-refractivity contribution in [1.82, 2.24) is 15.2 Å². The van der Waals surface area contributed by atoms with Gasteiger partial charge in [0.05, 0.1) is 11.3 Å². The van der Waals surface area contributed by atoms with Gasteiger partial charge in [-0.25, -0.2) is 0 Å². The Morgan fingerprint density at radius 1 is 1.17 bits per heavy atom. The molecule has 0 amide bonds. The Labute approximate surface area is 218 Å². The molecule has 2 aliphatic rings. The first kappa shape index (κ1) is 25.0. The van der Waals surface area contributed by atoms with Gasteiger partial charge >= 0.3 is 0 Å². The molecule has 5 nitrogen and oxygen atoms in total. The number of hydrogen-bond donors (Lipinski definition) is 2. The number of aliphatic hydroxyl groups is 1. The molecule has 1 saturated heterocycles. The van der Waals surface area contributed by atoms with Crippen LogP contribution in [0.15, 0.2) is 66.9 Å². The molecule has 1 aromatic heterocycles. The van der Waals surface area contributed by atoms with Crippen molar-refractivity contribution >= 4 is 17.2 Å². The summed E-state index contributed by atoms with van der Waals surface area (Å²) in [6, 6.07) is 18.6. The molecule has 0 saturated carbocycles. The van der Waals surface area contributed by atoms with Crippen molar-refractivity contribution in [2.45, 2.75) is 51.5 Å². The number of ether oxygens (including phenoxy) is 1. The summed E-state index contributed by atoms with van der Waals surface area (Å²) >= 11 is 6.00. The Bertz CT molecular complexity index is 1230. The number of benzene rings is 2. The lowest BCUT2D eigenvalue weighted by Gasteiger charge is -2.20. The van der Waals surface area contributed by atoms with E-state index in [1.165, 1.54) is 5.56 Å². The Morgan fingerprint density at radius 2 is 2.00 bits per heavy atom. The van der Waals surface area contributed by atoms with Crippen molar-refractivity contribution in [3.63, 3.8) is 0 Å². The van der Waals surface area contributed by atoms with E-state index in [1.54, 1.807) is 0 Å². The van der Waals surface area contributed by atoms with Crippen LogP contribution in [0, 0.1) is 0 Å². The normalized spacial score (nSPS) is 19.0. The van der Waals surface area contributed by atoms with Crippen molar-refractivity contribution in [2.24, 2.45) is 0 Å². The van der Waals surface area contributed by atoms with Crippen molar-refractivity contribution < 1.29 is 9.84 Å². The van der Waals surface area contributed by atoms with E-state index < -0.39 is 5.60 Å². The first-order valence-corrected chi connectivity index (χ1v) is 13.1. The second kappa shape index (κ2) is 10.7. The predicted octanol–water partition coefficient (Wildman–Crippen LogP) is 5.54. The third kappa shape index (κ3) is 5.81. The second-order valence-electron chi connectivity index (χ2n) is 10.3. The maximum Gasteiger partial charge on any atom is 0.131 e. The third-order valence-corrected chi connectivity index (χ3v) is 7.35. The monoisotopic (exact) mass is 503 g/mol. The zero-order chi connectivity index (χ0) is 25.1. The molecule has 5 rings (SSSR count). The average molecular weight is 504 g/mol. The molecule has 3 aromatic rings. The number of likely N-dealkylation sites (tertiary alicyclic amines) is 1. The quantitative estimate of drug-likeness (QED) is 0.443. The number of fused-ring (bicyclic) bond motifs is 2. The van der Waals surface area contributed by atoms with Gasteiger partial charge in [0.2, 0.25) is 0 Å². The third-order valence-electron chi connectivity index (χ3n) is 7.10. The lowest BCUT2D eigenvalue weighted by molar-refractivity contribution is 0.0785. The summed E-state index contributed by atoms with van der Waals surface area (Å²) in [5.41, 5.74) is 5.41. The van der Waals surface area contributed by atoms with Crippen LogP contribution in [0.2, 0.25) is 5.02 Å². The van der Waals surface area contributed by atoms with Gasteiger partial charge in [-0.2, -0.15) is 0 Å². The van der Waals surface area contributed by atoms with Gasteiger partial charge in [0.25, 0.3) is 0 Å². The maximum atomic E-state index is 10.6. The molecule has 2 aromatic carbocycles. The summed E-state index contributed by atoms with van der Waals surface area (Å²) in [7, 11) is 0. The lowest BCUT2D eigenvalue weighted by atomic mass is 9.90. The molecule has 2 aliphatic heterocycles. The van der Waals surface area contributed by atoms with E-state index in [9.17, 15) is 5.11 Å². The zero-order valence-electron chi connectivity index (χ0n) is 21.0. The van der Waals surface area contributed by atoms with Crippen LogP contribution in [0.1, 0.15) is 54.6 Å². The number of rotatable bonds is 7. The zero-order valence-corrected chi connectivity index (χ0v) is 21.8. The second-order valence-corrected chi connectivity index (χ2v) is 10.7. The topological polar surface area (TPSA) is 57.6 Å². The van der Waals surface area contributed by atoms with E-state index in [1.807, 2.05) is 50.4 Å².